The Morgan fingerprint density at radius 2 is 1.93 bits per heavy atom. The van der Waals surface area contributed by atoms with Crippen LogP contribution in [0.5, 0.6) is 0 Å². The summed E-state index contributed by atoms with van der Waals surface area (Å²) in [6.07, 6.45) is 0. The van der Waals surface area contributed by atoms with Gasteiger partial charge in [0.15, 0.2) is 0 Å². The summed E-state index contributed by atoms with van der Waals surface area (Å²) < 4.78 is 5.33. The highest BCUT2D eigenvalue weighted by Gasteiger charge is 2.13. The van der Waals surface area contributed by atoms with Gasteiger partial charge in [0, 0.05) is 37.9 Å². The molecule has 3 rings (SSSR count). The molecule has 1 aromatic carbocycles. The van der Waals surface area contributed by atoms with E-state index in [0.717, 1.165) is 49.7 Å². The molecule has 7 heteroatoms. The van der Waals surface area contributed by atoms with Gasteiger partial charge in [-0.15, -0.1) is 0 Å². The van der Waals surface area contributed by atoms with Crippen LogP contribution in [0, 0.1) is 20.8 Å². The number of aromatic nitrogens is 2. The lowest BCUT2D eigenvalue weighted by Gasteiger charge is -2.26. The number of carbonyl (C=O) groups is 1. The Kier molecular flexibility index (Phi) is 6.36. The molecule has 2 heterocycles. The van der Waals surface area contributed by atoms with Crippen molar-refractivity contribution in [2.45, 2.75) is 20.8 Å². The van der Waals surface area contributed by atoms with Gasteiger partial charge in [-0.05, 0) is 38.0 Å². The number of morpholine rings is 1. The van der Waals surface area contributed by atoms with E-state index in [0.29, 0.717) is 23.9 Å². The number of aryl methyl sites for hydroxylation is 3. The molecule has 1 saturated heterocycles. The van der Waals surface area contributed by atoms with Crippen molar-refractivity contribution >= 4 is 17.4 Å². The minimum atomic E-state index is -0.183. The van der Waals surface area contributed by atoms with Gasteiger partial charge in [-0.25, -0.2) is 9.97 Å². The molecule has 2 N–H and O–H groups in total. The molecule has 1 amide bonds. The van der Waals surface area contributed by atoms with Gasteiger partial charge in [0.05, 0.1) is 13.2 Å². The van der Waals surface area contributed by atoms with Crippen molar-refractivity contribution in [3.63, 3.8) is 0 Å². The third kappa shape index (κ3) is 5.48. The highest BCUT2D eigenvalue weighted by atomic mass is 16.5. The van der Waals surface area contributed by atoms with Gasteiger partial charge in [-0.2, -0.15) is 0 Å². The molecule has 0 atom stereocenters. The maximum atomic E-state index is 12.5. The summed E-state index contributed by atoms with van der Waals surface area (Å²) in [5.74, 6) is 0.996. The third-order valence-corrected chi connectivity index (χ3v) is 4.54. The lowest BCUT2D eigenvalue weighted by Crippen LogP contribution is -2.41. The zero-order valence-electron chi connectivity index (χ0n) is 16.2. The van der Waals surface area contributed by atoms with Crippen LogP contribution in [0.1, 0.15) is 27.4 Å². The first kappa shape index (κ1) is 19.3. The molecule has 1 aliphatic rings. The van der Waals surface area contributed by atoms with Crippen molar-refractivity contribution < 1.29 is 9.53 Å². The second-order valence-corrected chi connectivity index (χ2v) is 6.84. The first-order valence-electron chi connectivity index (χ1n) is 9.29. The van der Waals surface area contributed by atoms with Crippen molar-refractivity contribution in [1.82, 2.24) is 20.2 Å². The van der Waals surface area contributed by atoms with Crippen LogP contribution >= 0.6 is 0 Å². The number of hydrogen-bond donors (Lipinski definition) is 2. The molecule has 1 fully saturated rings. The summed E-state index contributed by atoms with van der Waals surface area (Å²) in [5, 5.41) is 6.25. The smallest absolute Gasteiger partial charge is 0.270 e. The zero-order chi connectivity index (χ0) is 19.2. The number of nitrogens with one attached hydrogen (secondary N) is 2. The van der Waals surface area contributed by atoms with Gasteiger partial charge in [-0.3, -0.25) is 9.69 Å². The summed E-state index contributed by atoms with van der Waals surface area (Å²) in [6.45, 7) is 10.6. The Morgan fingerprint density at radius 1 is 1.15 bits per heavy atom. The van der Waals surface area contributed by atoms with E-state index in [2.05, 4.69) is 43.7 Å². The lowest BCUT2D eigenvalue weighted by molar-refractivity contribution is 0.0383. The van der Waals surface area contributed by atoms with Crippen LogP contribution in [0.15, 0.2) is 24.3 Å². The summed E-state index contributed by atoms with van der Waals surface area (Å²) >= 11 is 0. The Balaban J connectivity index is 1.63. The largest absolute Gasteiger partial charge is 0.379 e. The van der Waals surface area contributed by atoms with Crippen molar-refractivity contribution in [2.75, 3.05) is 44.7 Å². The molecule has 0 spiro atoms. The Bertz CT molecular complexity index is 803. The van der Waals surface area contributed by atoms with Gasteiger partial charge >= 0.3 is 0 Å². The van der Waals surface area contributed by atoms with E-state index in [9.17, 15) is 4.79 Å². The van der Waals surface area contributed by atoms with E-state index >= 15 is 0 Å². The third-order valence-electron chi connectivity index (χ3n) is 4.54. The molecule has 0 radical (unpaired) electrons. The van der Waals surface area contributed by atoms with E-state index in [-0.39, 0.29) is 5.91 Å². The molecule has 27 heavy (non-hydrogen) atoms. The van der Waals surface area contributed by atoms with Crippen LogP contribution < -0.4 is 10.6 Å². The molecule has 144 valence electrons. The number of ether oxygens (including phenoxy) is 1. The zero-order valence-corrected chi connectivity index (χ0v) is 16.2. The van der Waals surface area contributed by atoms with Gasteiger partial charge in [-0.1, -0.05) is 12.1 Å². The average Bonchev–Trinajstić information content (AvgIpc) is 2.65. The number of hydrogen-bond acceptors (Lipinski definition) is 6. The van der Waals surface area contributed by atoms with Gasteiger partial charge in [0.2, 0.25) is 0 Å². The van der Waals surface area contributed by atoms with E-state index < -0.39 is 0 Å². The van der Waals surface area contributed by atoms with Gasteiger partial charge in [0.1, 0.15) is 17.3 Å². The maximum absolute atomic E-state index is 12.5. The Morgan fingerprint density at radius 3 is 2.70 bits per heavy atom. The van der Waals surface area contributed by atoms with Crippen molar-refractivity contribution in [1.29, 1.82) is 0 Å². The number of carbonyl (C=O) groups excluding carboxylic acids is 1. The predicted molar refractivity (Wildman–Crippen MR) is 106 cm³/mol. The number of anilines is 2. The van der Waals surface area contributed by atoms with Gasteiger partial charge < -0.3 is 15.4 Å². The number of rotatable bonds is 6. The lowest BCUT2D eigenvalue weighted by atomic mass is 10.1. The van der Waals surface area contributed by atoms with Crippen LogP contribution in [-0.4, -0.2) is 60.2 Å². The molecular formula is C20H27N5O2. The Labute approximate surface area is 160 Å². The molecule has 0 saturated carbocycles. The minimum absolute atomic E-state index is 0.183. The normalized spacial score (nSPS) is 14.8. The van der Waals surface area contributed by atoms with Crippen LogP contribution in [0.25, 0.3) is 0 Å². The highest BCUT2D eigenvalue weighted by Crippen LogP contribution is 2.21. The van der Waals surface area contributed by atoms with Crippen molar-refractivity contribution in [2.24, 2.45) is 0 Å². The fourth-order valence-electron chi connectivity index (χ4n) is 3.00. The monoisotopic (exact) mass is 369 g/mol. The van der Waals surface area contributed by atoms with E-state index in [1.54, 1.807) is 13.0 Å². The average molecular weight is 369 g/mol. The molecule has 0 unspecified atom stereocenters. The van der Waals surface area contributed by atoms with E-state index in [1.807, 2.05) is 13.8 Å². The minimum Gasteiger partial charge on any atom is -0.379 e. The fraction of sp³-hybridized carbons (Fsp3) is 0.450. The van der Waals surface area contributed by atoms with E-state index in [4.69, 9.17) is 4.74 Å². The number of amides is 1. The first-order valence-corrected chi connectivity index (χ1v) is 9.29. The molecular weight excluding hydrogens is 342 g/mol. The first-order chi connectivity index (χ1) is 13.0. The predicted octanol–water partition coefficient (Wildman–Crippen LogP) is 2.21. The Hall–Kier alpha value is -2.51. The summed E-state index contributed by atoms with van der Waals surface area (Å²) in [5.41, 5.74) is 3.63. The molecule has 1 aliphatic heterocycles. The summed E-state index contributed by atoms with van der Waals surface area (Å²) in [7, 11) is 0. The van der Waals surface area contributed by atoms with Crippen LogP contribution in [-0.2, 0) is 4.74 Å². The number of benzene rings is 1. The molecule has 7 nitrogen and oxygen atoms in total. The maximum Gasteiger partial charge on any atom is 0.270 e. The van der Waals surface area contributed by atoms with Crippen LogP contribution in [0.2, 0.25) is 0 Å². The summed E-state index contributed by atoms with van der Waals surface area (Å²) in [4.78, 5) is 23.5. The van der Waals surface area contributed by atoms with Gasteiger partial charge in [0.25, 0.3) is 5.91 Å². The van der Waals surface area contributed by atoms with E-state index in [1.165, 1.54) is 0 Å². The molecule has 2 aromatic rings. The number of nitrogens with zero attached hydrogens (tertiary/aromatic N) is 3. The SMILES string of the molecule is Cc1ccc(C)c(Nc2cc(C(=O)NCCN3CCOCC3)nc(C)n2)c1. The topological polar surface area (TPSA) is 79.4 Å². The molecule has 1 aromatic heterocycles. The van der Waals surface area contributed by atoms with Crippen LogP contribution in [0.3, 0.4) is 0 Å². The standard InChI is InChI=1S/C20H27N5O2/c1-14-4-5-15(2)17(12-14)24-19-13-18(22-16(3)23-19)20(26)21-6-7-25-8-10-27-11-9-25/h4-5,12-13H,6-11H2,1-3H3,(H,21,26)(H,22,23,24). The second kappa shape index (κ2) is 8.92. The highest BCUT2D eigenvalue weighted by molar-refractivity contribution is 5.93. The molecule has 0 bridgehead atoms. The quantitative estimate of drug-likeness (QED) is 0.813. The fourth-order valence-corrected chi connectivity index (χ4v) is 3.00. The van der Waals surface area contributed by atoms with Crippen molar-refractivity contribution in [3.05, 3.63) is 46.9 Å². The van der Waals surface area contributed by atoms with Crippen LogP contribution in [0.4, 0.5) is 11.5 Å². The van der Waals surface area contributed by atoms with Crippen molar-refractivity contribution in [3.8, 4) is 0 Å². The second-order valence-electron chi connectivity index (χ2n) is 6.84. The summed E-state index contributed by atoms with van der Waals surface area (Å²) in [6, 6.07) is 7.89. The molecule has 0 aliphatic carbocycles.